The number of aromatic amines is 1. The van der Waals surface area contributed by atoms with Crippen LogP contribution in [0.1, 0.15) is 18.5 Å². The SMILES string of the molecule is Brc1ccc(-c2cc(CNC3CC3)[nH]n2)cc1. The minimum atomic E-state index is 0.731. The Balaban J connectivity index is 1.72. The summed E-state index contributed by atoms with van der Waals surface area (Å²) in [5.74, 6) is 0. The predicted octanol–water partition coefficient (Wildman–Crippen LogP) is 3.09. The van der Waals surface area contributed by atoms with E-state index in [1.807, 2.05) is 12.1 Å². The fraction of sp³-hybridized carbons (Fsp3) is 0.308. The van der Waals surface area contributed by atoms with E-state index < -0.39 is 0 Å². The van der Waals surface area contributed by atoms with Gasteiger partial charge in [0.1, 0.15) is 0 Å². The van der Waals surface area contributed by atoms with Gasteiger partial charge >= 0.3 is 0 Å². The van der Waals surface area contributed by atoms with Gasteiger partial charge in [-0.3, -0.25) is 5.10 Å². The Morgan fingerprint density at radius 3 is 2.76 bits per heavy atom. The highest BCUT2D eigenvalue weighted by Gasteiger charge is 2.20. The maximum atomic E-state index is 4.33. The molecule has 2 aromatic rings. The van der Waals surface area contributed by atoms with Gasteiger partial charge in [-0.2, -0.15) is 5.10 Å². The lowest BCUT2D eigenvalue weighted by molar-refractivity contribution is 0.672. The van der Waals surface area contributed by atoms with Crippen molar-refractivity contribution in [2.75, 3.05) is 0 Å². The minimum absolute atomic E-state index is 0.731. The Kier molecular flexibility index (Phi) is 2.99. The van der Waals surface area contributed by atoms with E-state index in [-0.39, 0.29) is 0 Å². The zero-order chi connectivity index (χ0) is 11.7. The van der Waals surface area contributed by atoms with Crippen LogP contribution in [0, 0.1) is 0 Å². The molecular weight excluding hydrogens is 278 g/mol. The molecule has 0 spiro atoms. The molecule has 1 aliphatic rings. The highest BCUT2D eigenvalue weighted by Crippen LogP contribution is 2.22. The van der Waals surface area contributed by atoms with Crippen LogP contribution in [0.3, 0.4) is 0 Å². The van der Waals surface area contributed by atoms with E-state index >= 15 is 0 Å². The number of hydrogen-bond acceptors (Lipinski definition) is 2. The fourth-order valence-electron chi connectivity index (χ4n) is 1.76. The molecule has 1 aromatic heterocycles. The number of aromatic nitrogens is 2. The molecule has 17 heavy (non-hydrogen) atoms. The standard InChI is InChI=1S/C13H14BrN3/c14-10-3-1-9(2-4-10)13-7-12(16-17-13)8-15-11-5-6-11/h1-4,7,11,15H,5-6,8H2,(H,16,17). The van der Waals surface area contributed by atoms with E-state index in [4.69, 9.17) is 0 Å². The van der Waals surface area contributed by atoms with Gasteiger partial charge in [0, 0.05) is 28.3 Å². The van der Waals surface area contributed by atoms with Crippen LogP contribution in [0.15, 0.2) is 34.8 Å². The van der Waals surface area contributed by atoms with Crippen LogP contribution in [0.4, 0.5) is 0 Å². The van der Waals surface area contributed by atoms with Crippen molar-refractivity contribution in [1.29, 1.82) is 0 Å². The van der Waals surface area contributed by atoms with Crippen molar-refractivity contribution in [2.24, 2.45) is 0 Å². The van der Waals surface area contributed by atoms with Gasteiger partial charge in [0.05, 0.1) is 5.69 Å². The molecule has 0 unspecified atom stereocenters. The second-order valence-corrected chi connectivity index (χ2v) is 5.36. The second kappa shape index (κ2) is 4.63. The summed E-state index contributed by atoms with van der Waals surface area (Å²) in [4.78, 5) is 0. The molecule has 4 heteroatoms. The third-order valence-corrected chi connectivity index (χ3v) is 3.46. The summed E-state index contributed by atoms with van der Waals surface area (Å²) in [6.07, 6.45) is 2.63. The maximum absolute atomic E-state index is 4.33. The third-order valence-electron chi connectivity index (χ3n) is 2.93. The summed E-state index contributed by atoms with van der Waals surface area (Å²) in [5, 5.41) is 10.9. The quantitative estimate of drug-likeness (QED) is 0.909. The topological polar surface area (TPSA) is 40.7 Å². The second-order valence-electron chi connectivity index (χ2n) is 4.44. The first-order valence-electron chi connectivity index (χ1n) is 5.85. The largest absolute Gasteiger partial charge is 0.308 e. The molecule has 0 radical (unpaired) electrons. The van der Waals surface area contributed by atoms with E-state index in [1.165, 1.54) is 12.8 Å². The Morgan fingerprint density at radius 2 is 2.06 bits per heavy atom. The zero-order valence-corrected chi connectivity index (χ0v) is 11.0. The lowest BCUT2D eigenvalue weighted by Gasteiger charge is -1.97. The average Bonchev–Trinajstić information content (AvgIpc) is 3.06. The molecule has 0 saturated heterocycles. The van der Waals surface area contributed by atoms with Crippen LogP contribution in [-0.4, -0.2) is 16.2 Å². The molecule has 0 atom stereocenters. The highest BCUT2D eigenvalue weighted by atomic mass is 79.9. The first kappa shape index (κ1) is 11.0. The monoisotopic (exact) mass is 291 g/mol. The van der Waals surface area contributed by atoms with Gasteiger partial charge < -0.3 is 5.32 Å². The van der Waals surface area contributed by atoms with E-state index in [2.05, 4.69) is 49.6 Å². The van der Waals surface area contributed by atoms with Crippen molar-refractivity contribution < 1.29 is 0 Å². The molecule has 1 saturated carbocycles. The molecule has 0 bridgehead atoms. The predicted molar refractivity (Wildman–Crippen MR) is 71.6 cm³/mol. The fourth-order valence-corrected chi connectivity index (χ4v) is 2.03. The summed E-state index contributed by atoms with van der Waals surface area (Å²) in [7, 11) is 0. The van der Waals surface area contributed by atoms with Crippen LogP contribution in [-0.2, 0) is 6.54 Å². The van der Waals surface area contributed by atoms with Gasteiger partial charge in [0.15, 0.2) is 0 Å². The number of halogens is 1. The maximum Gasteiger partial charge on any atom is 0.0924 e. The van der Waals surface area contributed by atoms with Crippen molar-refractivity contribution in [3.63, 3.8) is 0 Å². The Morgan fingerprint density at radius 1 is 1.29 bits per heavy atom. The lowest BCUT2D eigenvalue weighted by Crippen LogP contribution is -2.15. The first-order chi connectivity index (χ1) is 8.31. The molecule has 2 N–H and O–H groups in total. The average molecular weight is 292 g/mol. The molecule has 0 amide bonds. The van der Waals surface area contributed by atoms with E-state index in [0.29, 0.717) is 0 Å². The van der Waals surface area contributed by atoms with Gasteiger partial charge in [-0.1, -0.05) is 28.1 Å². The number of rotatable bonds is 4. The highest BCUT2D eigenvalue weighted by molar-refractivity contribution is 9.10. The third kappa shape index (κ3) is 2.76. The lowest BCUT2D eigenvalue weighted by atomic mass is 10.1. The minimum Gasteiger partial charge on any atom is -0.308 e. The van der Waals surface area contributed by atoms with E-state index in [0.717, 1.165) is 34.0 Å². The van der Waals surface area contributed by atoms with Crippen molar-refractivity contribution in [3.05, 3.63) is 40.5 Å². The van der Waals surface area contributed by atoms with Gasteiger partial charge in [-0.25, -0.2) is 0 Å². The number of hydrogen-bond donors (Lipinski definition) is 2. The van der Waals surface area contributed by atoms with Gasteiger partial charge in [-0.15, -0.1) is 0 Å². The summed E-state index contributed by atoms with van der Waals surface area (Å²) < 4.78 is 1.09. The van der Waals surface area contributed by atoms with Gasteiger partial charge in [0.25, 0.3) is 0 Å². The van der Waals surface area contributed by atoms with Gasteiger partial charge in [-0.05, 0) is 31.0 Å². The van der Waals surface area contributed by atoms with Crippen LogP contribution >= 0.6 is 15.9 Å². The number of H-pyrrole nitrogens is 1. The number of benzene rings is 1. The summed E-state index contributed by atoms with van der Waals surface area (Å²) in [5.41, 5.74) is 3.29. The molecule has 1 heterocycles. The van der Waals surface area contributed by atoms with Crippen molar-refractivity contribution >= 4 is 15.9 Å². The molecule has 1 aliphatic carbocycles. The molecule has 3 rings (SSSR count). The molecular formula is C13H14BrN3. The zero-order valence-electron chi connectivity index (χ0n) is 9.41. The molecule has 0 aliphatic heterocycles. The van der Waals surface area contributed by atoms with E-state index in [9.17, 15) is 0 Å². The molecule has 1 fully saturated rings. The molecule has 1 aromatic carbocycles. The summed E-state index contributed by atoms with van der Waals surface area (Å²) in [6.45, 7) is 0.883. The van der Waals surface area contributed by atoms with Crippen molar-refractivity contribution in [1.82, 2.24) is 15.5 Å². The van der Waals surface area contributed by atoms with Crippen LogP contribution < -0.4 is 5.32 Å². The van der Waals surface area contributed by atoms with Crippen LogP contribution in [0.5, 0.6) is 0 Å². The summed E-state index contributed by atoms with van der Waals surface area (Å²) in [6, 6.07) is 11.0. The molecule has 3 nitrogen and oxygen atoms in total. The Hall–Kier alpha value is -1.13. The Bertz CT molecular complexity index is 500. The summed E-state index contributed by atoms with van der Waals surface area (Å²) >= 11 is 3.43. The van der Waals surface area contributed by atoms with E-state index in [1.54, 1.807) is 0 Å². The van der Waals surface area contributed by atoms with Crippen molar-refractivity contribution in [2.45, 2.75) is 25.4 Å². The normalized spacial score (nSPS) is 15.1. The smallest absolute Gasteiger partial charge is 0.0924 e. The van der Waals surface area contributed by atoms with Crippen LogP contribution in [0.2, 0.25) is 0 Å². The van der Waals surface area contributed by atoms with Gasteiger partial charge in [0.2, 0.25) is 0 Å². The van der Waals surface area contributed by atoms with Crippen molar-refractivity contribution in [3.8, 4) is 11.3 Å². The Labute approximate surface area is 109 Å². The number of nitrogens with one attached hydrogen (secondary N) is 2. The molecule has 88 valence electrons. The van der Waals surface area contributed by atoms with Crippen LogP contribution in [0.25, 0.3) is 11.3 Å². The number of nitrogens with zero attached hydrogens (tertiary/aromatic N) is 1. The first-order valence-corrected chi connectivity index (χ1v) is 6.64.